The third kappa shape index (κ3) is 6.43. The normalized spacial score (nSPS) is 12.2. The summed E-state index contributed by atoms with van der Waals surface area (Å²) in [6.45, 7) is 9.59. The van der Waals surface area contributed by atoms with E-state index in [1.165, 1.54) is 19.2 Å². The number of sulfonamides is 1. The minimum Gasteiger partial charge on any atom is -0.497 e. The fourth-order valence-corrected chi connectivity index (χ4v) is 5.63. The monoisotopic (exact) mass is 524 g/mol. The second-order valence-corrected chi connectivity index (χ2v) is 11.3. The number of anilines is 1. The number of hydrogen-bond acceptors (Lipinski definition) is 5. The summed E-state index contributed by atoms with van der Waals surface area (Å²) in [4.78, 5) is 13.3. The Kier molecular flexibility index (Phi) is 8.86. The van der Waals surface area contributed by atoms with Crippen LogP contribution < -0.4 is 19.1 Å². The van der Waals surface area contributed by atoms with Gasteiger partial charge < -0.3 is 14.8 Å². The van der Waals surface area contributed by atoms with E-state index in [1.54, 1.807) is 31.4 Å². The van der Waals surface area contributed by atoms with Crippen LogP contribution in [-0.4, -0.2) is 35.1 Å². The van der Waals surface area contributed by atoms with Crippen molar-refractivity contribution in [2.24, 2.45) is 0 Å². The molecule has 0 heterocycles. The fourth-order valence-electron chi connectivity index (χ4n) is 4.21. The van der Waals surface area contributed by atoms with Gasteiger partial charge >= 0.3 is 0 Å². The van der Waals surface area contributed by atoms with Crippen molar-refractivity contribution in [3.8, 4) is 11.5 Å². The molecular formula is C29H36N2O5S. The van der Waals surface area contributed by atoms with Crippen LogP contribution in [-0.2, 0) is 14.8 Å². The number of benzene rings is 3. The highest BCUT2D eigenvalue weighted by Gasteiger charge is 2.28. The largest absolute Gasteiger partial charge is 0.497 e. The molecule has 8 heteroatoms. The summed E-state index contributed by atoms with van der Waals surface area (Å²) in [5, 5.41) is 2.99. The summed E-state index contributed by atoms with van der Waals surface area (Å²) in [7, 11) is -0.859. The van der Waals surface area contributed by atoms with Gasteiger partial charge in [0.05, 0.1) is 30.8 Å². The Balaban J connectivity index is 1.91. The smallest absolute Gasteiger partial charge is 0.264 e. The molecule has 7 nitrogen and oxygen atoms in total. The van der Waals surface area contributed by atoms with Crippen LogP contribution in [0.1, 0.15) is 55.0 Å². The quantitative estimate of drug-likeness (QED) is 0.378. The number of carbonyl (C=O) groups excluding carboxylic acids is 1. The number of nitrogens with one attached hydrogen (secondary N) is 1. The van der Waals surface area contributed by atoms with E-state index in [4.69, 9.17) is 9.47 Å². The molecule has 3 aromatic carbocycles. The first-order valence-corrected chi connectivity index (χ1v) is 13.6. The molecule has 1 atom stereocenters. The zero-order valence-electron chi connectivity index (χ0n) is 22.5. The molecule has 0 spiro atoms. The van der Waals surface area contributed by atoms with Crippen molar-refractivity contribution < 1.29 is 22.7 Å². The molecule has 1 amide bonds. The number of amides is 1. The van der Waals surface area contributed by atoms with Gasteiger partial charge in [0.2, 0.25) is 5.91 Å². The molecule has 3 aromatic rings. The predicted molar refractivity (Wildman–Crippen MR) is 147 cm³/mol. The van der Waals surface area contributed by atoms with Crippen LogP contribution in [0.3, 0.4) is 0 Å². The van der Waals surface area contributed by atoms with Crippen LogP contribution in [0.4, 0.5) is 5.69 Å². The standard InChI is InChI=1S/C29H36N2O5S/c1-19(2)26-17-27(21(4)16-28(26)36-7)22(5)30-29(32)18-31(23-10-8-20(3)9-11-23)37(33,34)25-14-12-24(35-6)13-15-25/h8-17,19,22H,18H2,1-7H3,(H,30,32)/t22-/m0/s1. The fraction of sp³-hybridized carbons (Fsp3) is 0.345. The average Bonchev–Trinajstić information content (AvgIpc) is 2.87. The van der Waals surface area contributed by atoms with Crippen molar-refractivity contribution in [3.63, 3.8) is 0 Å². The van der Waals surface area contributed by atoms with Gasteiger partial charge in [0, 0.05) is 0 Å². The third-order valence-corrected chi connectivity index (χ3v) is 8.13. The van der Waals surface area contributed by atoms with E-state index in [0.29, 0.717) is 11.4 Å². The summed E-state index contributed by atoms with van der Waals surface area (Å²) in [6.07, 6.45) is 0. The van der Waals surface area contributed by atoms with Gasteiger partial charge in [-0.05, 0) is 91.9 Å². The van der Waals surface area contributed by atoms with E-state index in [9.17, 15) is 13.2 Å². The van der Waals surface area contributed by atoms with Gasteiger partial charge in [0.1, 0.15) is 18.0 Å². The van der Waals surface area contributed by atoms with Crippen molar-refractivity contribution in [1.29, 1.82) is 0 Å². The molecule has 0 saturated carbocycles. The Morgan fingerprint density at radius 1 is 0.892 bits per heavy atom. The highest BCUT2D eigenvalue weighted by atomic mass is 32.2. The maximum Gasteiger partial charge on any atom is 0.264 e. The lowest BCUT2D eigenvalue weighted by Gasteiger charge is -2.26. The molecule has 0 aliphatic carbocycles. The number of methoxy groups -OCH3 is 2. The van der Waals surface area contributed by atoms with Crippen LogP contribution in [0, 0.1) is 13.8 Å². The molecule has 0 saturated heterocycles. The minimum atomic E-state index is -4.02. The molecule has 0 bridgehead atoms. The Morgan fingerprint density at radius 3 is 2.05 bits per heavy atom. The molecule has 37 heavy (non-hydrogen) atoms. The summed E-state index contributed by atoms with van der Waals surface area (Å²) in [5.41, 5.74) is 4.38. The van der Waals surface area contributed by atoms with Crippen molar-refractivity contribution in [2.75, 3.05) is 25.1 Å². The molecule has 0 aliphatic rings. The number of nitrogens with zero attached hydrogens (tertiary/aromatic N) is 1. The molecule has 1 N–H and O–H groups in total. The van der Waals surface area contributed by atoms with Crippen LogP contribution in [0.2, 0.25) is 0 Å². The number of aryl methyl sites for hydroxylation is 2. The Hall–Kier alpha value is -3.52. The predicted octanol–water partition coefficient (Wildman–Crippen LogP) is 5.52. The average molecular weight is 525 g/mol. The third-order valence-electron chi connectivity index (χ3n) is 6.34. The Morgan fingerprint density at radius 2 is 1.51 bits per heavy atom. The first-order chi connectivity index (χ1) is 17.5. The van der Waals surface area contributed by atoms with Gasteiger partial charge in [-0.25, -0.2) is 8.42 Å². The van der Waals surface area contributed by atoms with E-state index in [2.05, 4.69) is 25.2 Å². The molecule has 0 unspecified atom stereocenters. The van der Waals surface area contributed by atoms with E-state index in [0.717, 1.165) is 32.3 Å². The number of ether oxygens (including phenoxy) is 2. The number of carbonyl (C=O) groups is 1. The van der Waals surface area contributed by atoms with Gasteiger partial charge in [0.25, 0.3) is 10.0 Å². The zero-order chi connectivity index (χ0) is 27.3. The van der Waals surface area contributed by atoms with Crippen LogP contribution in [0.5, 0.6) is 11.5 Å². The van der Waals surface area contributed by atoms with Crippen molar-refractivity contribution >= 4 is 21.6 Å². The van der Waals surface area contributed by atoms with Crippen LogP contribution in [0.15, 0.2) is 65.6 Å². The molecule has 0 aliphatic heterocycles. The topological polar surface area (TPSA) is 84.9 Å². The summed E-state index contributed by atoms with van der Waals surface area (Å²) < 4.78 is 39.1. The summed E-state index contributed by atoms with van der Waals surface area (Å²) >= 11 is 0. The Labute approximate surface area is 220 Å². The van der Waals surface area contributed by atoms with Gasteiger partial charge in [-0.15, -0.1) is 0 Å². The van der Waals surface area contributed by atoms with Gasteiger partial charge in [-0.2, -0.15) is 0 Å². The van der Waals surface area contributed by atoms with Gasteiger partial charge in [-0.3, -0.25) is 9.10 Å². The number of rotatable bonds is 10. The molecule has 0 radical (unpaired) electrons. The first-order valence-electron chi connectivity index (χ1n) is 12.2. The molecule has 0 aromatic heterocycles. The highest BCUT2D eigenvalue weighted by Crippen LogP contribution is 2.32. The van der Waals surface area contributed by atoms with Crippen molar-refractivity contribution in [1.82, 2.24) is 5.32 Å². The SMILES string of the molecule is COc1ccc(S(=O)(=O)N(CC(=O)N[C@@H](C)c2cc(C(C)C)c(OC)cc2C)c2ccc(C)cc2)cc1. The van der Waals surface area contributed by atoms with Gasteiger partial charge in [-0.1, -0.05) is 31.5 Å². The van der Waals surface area contributed by atoms with Crippen LogP contribution in [0.25, 0.3) is 0 Å². The summed E-state index contributed by atoms with van der Waals surface area (Å²) in [6, 6.07) is 16.9. The van der Waals surface area contributed by atoms with Gasteiger partial charge in [0.15, 0.2) is 0 Å². The lowest BCUT2D eigenvalue weighted by Crippen LogP contribution is -2.41. The van der Waals surface area contributed by atoms with Crippen molar-refractivity contribution in [2.45, 2.75) is 51.5 Å². The second kappa shape index (κ2) is 11.7. The summed E-state index contributed by atoms with van der Waals surface area (Å²) in [5.74, 6) is 1.18. The van der Waals surface area contributed by atoms with Crippen LogP contribution >= 0.6 is 0 Å². The molecule has 3 rings (SSSR count). The van der Waals surface area contributed by atoms with E-state index >= 15 is 0 Å². The molecular weight excluding hydrogens is 488 g/mol. The van der Waals surface area contributed by atoms with E-state index < -0.39 is 15.9 Å². The second-order valence-electron chi connectivity index (χ2n) is 9.42. The molecule has 198 valence electrons. The zero-order valence-corrected chi connectivity index (χ0v) is 23.3. The van der Waals surface area contributed by atoms with Crippen molar-refractivity contribution in [3.05, 3.63) is 82.9 Å². The molecule has 0 fully saturated rings. The lowest BCUT2D eigenvalue weighted by molar-refractivity contribution is -0.120. The first kappa shape index (κ1) is 28.1. The minimum absolute atomic E-state index is 0.0716. The lowest BCUT2D eigenvalue weighted by atomic mass is 9.93. The maximum absolute atomic E-state index is 13.6. The van der Waals surface area contributed by atoms with E-state index in [-0.39, 0.29) is 23.4 Å². The Bertz CT molecular complexity index is 1330. The number of hydrogen-bond donors (Lipinski definition) is 1. The van der Waals surface area contributed by atoms with E-state index in [1.807, 2.05) is 39.0 Å². The highest BCUT2D eigenvalue weighted by molar-refractivity contribution is 7.92. The maximum atomic E-state index is 13.6.